The first kappa shape index (κ1) is 17.0. The van der Waals surface area contributed by atoms with Crippen LogP contribution in [0.1, 0.15) is 5.69 Å². The smallest absolute Gasteiger partial charge is 0.235 e. The van der Waals surface area contributed by atoms with Crippen molar-refractivity contribution in [1.29, 1.82) is 0 Å². The number of halogens is 1. The van der Waals surface area contributed by atoms with Crippen LogP contribution in [0.25, 0.3) is 11.4 Å². The maximum atomic E-state index is 13.8. The van der Waals surface area contributed by atoms with Crippen LogP contribution in [-0.2, 0) is 11.8 Å². The summed E-state index contributed by atoms with van der Waals surface area (Å²) in [6.45, 7) is 1.84. The Balaban J connectivity index is 1.67. The topological polar surface area (TPSA) is 104 Å². The number of hydrogen-bond acceptors (Lipinski definition) is 6. The number of nitrogen functional groups attached to an aromatic ring is 1. The number of nitrogens with one attached hydrogen (secondary N) is 1. The number of carbonyl (C=O) groups excluding carboxylic acids is 1. The van der Waals surface area contributed by atoms with E-state index in [0.717, 1.165) is 17.5 Å². The van der Waals surface area contributed by atoms with E-state index < -0.39 is 5.82 Å². The molecule has 3 aromatic rings. The van der Waals surface area contributed by atoms with Crippen LogP contribution in [0.5, 0.6) is 0 Å². The van der Waals surface area contributed by atoms with E-state index >= 15 is 0 Å². The summed E-state index contributed by atoms with van der Waals surface area (Å²) in [6.07, 6.45) is 0. The van der Waals surface area contributed by atoms with Crippen molar-refractivity contribution in [3.05, 3.63) is 41.8 Å². The van der Waals surface area contributed by atoms with Crippen LogP contribution in [0.3, 0.4) is 0 Å². The lowest BCUT2D eigenvalue weighted by Crippen LogP contribution is -2.18. The van der Waals surface area contributed by atoms with E-state index in [9.17, 15) is 9.18 Å². The third-order valence-electron chi connectivity index (χ3n) is 3.38. The van der Waals surface area contributed by atoms with Gasteiger partial charge in [0.2, 0.25) is 11.1 Å². The Labute approximate surface area is 147 Å². The number of hydrogen-bond donors (Lipinski definition) is 2. The van der Waals surface area contributed by atoms with E-state index in [4.69, 9.17) is 5.84 Å². The second kappa shape index (κ2) is 6.93. The highest BCUT2D eigenvalue weighted by Crippen LogP contribution is 2.23. The van der Waals surface area contributed by atoms with Gasteiger partial charge in [0.1, 0.15) is 11.6 Å². The van der Waals surface area contributed by atoms with Gasteiger partial charge >= 0.3 is 0 Å². The predicted molar refractivity (Wildman–Crippen MR) is 92.9 cm³/mol. The van der Waals surface area contributed by atoms with E-state index in [1.54, 1.807) is 36.0 Å². The molecule has 130 valence electrons. The lowest BCUT2D eigenvalue weighted by molar-refractivity contribution is -0.113. The molecular weight excluding hydrogens is 345 g/mol. The van der Waals surface area contributed by atoms with Crippen LogP contribution in [0, 0.1) is 12.7 Å². The first-order valence-electron chi connectivity index (χ1n) is 7.34. The minimum atomic E-state index is -0.442. The Morgan fingerprint density at radius 2 is 2.12 bits per heavy atom. The molecule has 0 radical (unpaired) electrons. The summed E-state index contributed by atoms with van der Waals surface area (Å²) in [6, 6.07) is 7.92. The highest BCUT2D eigenvalue weighted by Gasteiger charge is 2.16. The van der Waals surface area contributed by atoms with Gasteiger partial charge in [-0.25, -0.2) is 9.07 Å². The lowest BCUT2D eigenvalue weighted by atomic mass is 10.2. The molecule has 0 aliphatic carbocycles. The molecular formula is C15H16FN7OS. The van der Waals surface area contributed by atoms with Gasteiger partial charge in [-0.1, -0.05) is 23.9 Å². The van der Waals surface area contributed by atoms with Gasteiger partial charge in [0.25, 0.3) is 0 Å². The van der Waals surface area contributed by atoms with Crippen molar-refractivity contribution < 1.29 is 9.18 Å². The first-order valence-corrected chi connectivity index (χ1v) is 8.33. The standard InChI is InChI=1S/C15H16FN7OS/c1-9-7-12(22(2)21-9)18-13(24)8-25-15-20-19-14(23(15)17)10-5-3-4-6-11(10)16/h3-7H,8,17H2,1-2H3,(H,18,24). The Kier molecular flexibility index (Phi) is 4.70. The number of aromatic nitrogens is 5. The van der Waals surface area contributed by atoms with Crippen molar-refractivity contribution in [3.63, 3.8) is 0 Å². The fraction of sp³-hybridized carbons (Fsp3) is 0.200. The monoisotopic (exact) mass is 361 g/mol. The Hall–Kier alpha value is -2.88. The maximum Gasteiger partial charge on any atom is 0.235 e. The predicted octanol–water partition coefficient (Wildman–Crippen LogP) is 1.57. The number of rotatable bonds is 5. The van der Waals surface area contributed by atoms with Crippen molar-refractivity contribution in [2.24, 2.45) is 7.05 Å². The zero-order chi connectivity index (χ0) is 18.0. The highest BCUT2D eigenvalue weighted by atomic mass is 32.2. The summed E-state index contributed by atoms with van der Waals surface area (Å²) < 4.78 is 16.6. The second-order valence-corrected chi connectivity index (χ2v) is 6.23. The summed E-state index contributed by atoms with van der Waals surface area (Å²) in [5.74, 6) is 6.13. The highest BCUT2D eigenvalue weighted by molar-refractivity contribution is 7.99. The van der Waals surface area contributed by atoms with Gasteiger partial charge in [-0.05, 0) is 19.1 Å². The largest absolute Gasteiger partial charge is 0.335 e. The summed E-state index contributed by atoms with van der Waals surface area (Å²) >= 11 is 1.11. The van der Waals surface area contributed by atoms with Gasteiger partial charge in [-0.15, -0.1) is 10.2 Å². The maximum absolute atomic E-state index is 13.8. The third kappa shape index (κ3) is 3.63. The molecule has 1 aromatic carbocycles. The van der Waals surface area contributed by atoms with Gasteiger partial charge < -0.3 is 11.2 Å². The fourth-order valence-electron chi connectivity index (χ4n) is 2.24. The van der Waals surface area contributed by atoms with Gasteiger partial charge in [0.05, 0.1) is 17.0 Å². The molecule has 8 nitrogen and oxygen atoms in total. The van der Waals surface area contributed by atoms with Crippen LogP contribution in [0.4, 0.5) is 10.2 Å². The number of aryl methyl sites for hydroxylation is 2. The minimum Gasteiger partial charge on any atom is -0.335 e. The minimum absolute atomic E-state index is 0.0802. The van der Waals surface area contributed by atoms with Crippen LogP contribution < -0.4 is 11.2 Å². The molecule has 0 atom stereocenters. The van der Waals surface area contributed by atoms with E-state index in [-0.39, 0.29) is 23.0 Å². The second-order valence-electron chi connectivity index (χ2n) is 5.29. The molecule has 0 saturated carbocycles. The number of amides is 1. The summed E-state index contributed by atoms with van der Waals surface area (Å²) in [5, 5.41) is 15.0. The average Bonchev–Trinajstić information content (AvgIpc) is 3.08. The first-order chi connectivity index (χ1) is 12.0. The molecule has 0 unspecified atom stereocenters. The van der Waals surface area contributed by atoms with Crippen LogP contribution >= 0.6 is 11.8 Å². The molecule has 0 saturated heterocycles. The van der Waals surface area contributed by atoms with E-state index in [0.29, 0.717) is 11.0 Å². The molecule has 3 rings (SSSR count). The number of thioether (sulfide) groups is 1. The van der Waals surface area contributed by atoms with Gasteiger partial charge in [-0.3, -0.25) is 9.48 Å². The normalized spacial score (nSPS) is 10.8. The number of anilines is 1. The number of benzene rings is 1. The van der Waals surface area contributed by atoms with Gasteiger partial charge in [0, 0.05) is 13.1 Å². The SMILES string of the molecule is Cc1cc(NC(=O)CSc2nnc(-c3ccccc3F)n2N)n(C)n1. The number of nitrogens with zero attached hydrogens (tertiary/aromatic N) is 5. The van der Waals surface area contributed by atoms with E-state index in [1.807, 2.05) is 6.92 Å². The molecule has 25 heavy (non-hydrogen) atoms. The van der Waals surface area contributed by atoms with Crippen molar-refractivity contribution in [1.82, 2.24) is 24.7 Å². The molecule has 3 N–H and O–H groups in total. The van der Waals surface area contributed by atoms with Crippen molar-refractivity contribution >= 4 is 23.5 Å². The molecule has 1 amide bonds. The molecule has 0 spiro atoms. The molecule has 2 aromatic heterocycles. The Morgan fingerprint density at radius 1 is 1.36 bits per heavy atom. The van der Waals surface area contributed by atoms with E-state index in [1.165, 1.54) is 10.7 Å². The zero-order valence-electron chi connectivity index (χ0n) is 13.6. The van der Waals surface area contributed by atoms with Crippen LogP contribution in [-0.4, -0.2) is 36.3 Å². The molecule has 0 aliphatic heterocycles. The average molecular weight is 361 g/mol. The van der Waals surface area contributed by atoms with Crippen molar-refractivity contribution in [2.45, 2.75) is 12.1 Å². The number of carbonyl (C=O) groups is 1. The lowest BCUT2D eigenvalue weighted by Gasteiger charge is -2.06. The molecule has 2 heterocycles. The number of nitrogens with two attached hydrogens (primary N) is 1. The van der Waals surface area contributed by atoms with Crippen molar-refractivity contribution in [3.8, 4) is 11.4 Å². The Morgan fingerprint density at radius 3 is 2.80 bits per heavy atom. The quantitative estimate of drug-likeness (QED) is 0.528. The summed E-state index contributed by atoms with van der Waals surface area (Å²) in [7, 11) is 1.74. The summed E-state index contributed by atoms with van der Waals surface area (Å²) in [4.78, 5) is 12.1. The van der Waals surface area contributed by atoms with Crippen LogP contribution in [0.2, 0.25) is 0 Å². The molecule has 0 fully saturated rings. The third-order valence-corrected chi connectivity index (χ3v) is 4.32. The summed E-state index contributed by atoms with van der Waals surface area (Å²) in [5.41, 5.74) is 1.06. The molecule has 0 aliphatic rings. The zero-order valence-corrected chi connectivity index (χ0v) is 14.4. The Bertz CT molecular complexity index is 920. The molecule has 0 bridgehead atoms. The van der Waals surface area contributed by atoms with E-state index in [2.05, 4.69) is 20.6 Å². The fourth-order valence-corrected chi connectivity index (χ4v) is 2.89. The van der Waals surface area contributed by atoms with Gasteiger partial charge in [0.15, 0.2) is 5.82 Å². The van der Waals surface area contributed by atoms with Gasteiger partial charge in [-0.2, -0.15) is 5.10 Å². The molecule has 10 heteroatoms. The van der Waals surface area contributed by atoms with Crippen LogP contribution in [0.15, 0.2) is 35.5 Å². The van der Waals surface area contributed by atoms with Crippen molar-refractivity contribution in [2.75, 3.05) is 16.9 Å².